The second-order valence-corrected chi connectivity index (χ2v) is 11.3. The summed E-state index contributed by atoms with van der Waals surface area (Å²) in [6, 6.07) is 0. The fourth-order valence-corrected chi connectivity index (χ4v) is 4.90. The normalized spacial score (nSPS) is 12.7. The topological polar surface area (TPSA) is 63.6 Å². The molecule has 0 bridgehead atoms. The van der Waals surface area contributed by atoms with Crippen molar-refractivity contribution in [2.24, 2.45) is 0 Å². The lowest BCUT2D eigenvalue weighted by atomic mass is 10.0. The molecule has 0 aliphatic heterocycles. The number of carbonyl (C=O) groups excluding carboxylic acids is 1. The summed E-state index contributed by atoms with van der Waals surface area (Å²) in [6.45, 7) is 4.37. The van der Waals surface area contributed by atoms with Gasteiger partial charge in [0.2, 0.25) is 0 Å². The molecule has 0 fully saturated rings. The standard InChI is InChI=1S/C36H64O4/c1-3-5-7-8-9-10-11-12-13-14-15-16-17-18-22-25-29-33-36(39)40-34(30-26-6-4-2)31-27-23-20-19-21-24-28-32-35(37)38/h5,7,9-10,12-13,34H,3-4,6,8,11,14-33H2,1-2H3,(H,37,38)/b7-5-,10-9-,13-12-. The van der Waals surface area contributed by atoms with Gasteiger partial charge in [-0.2, -0.15) is 0 Å². The van der Waals surface area contributed by atoms with Crippen molar-refractivity contribution >= 4 is 11.9 Å². The van der Waals surface area contributed by atoms with Crippen molar-refractivity contribution in [2.45, 2.75) is 180 Å². The van der Waals surface area contributed by atoms with Gasteiger partial charge in [0.05, 0.1) is 0 Å². The van der Waals surface area contributed by atoms with Crippen molar-refractivity contribution in [3.63, 3.8) is 0 Å². The van der Waals surface area contributed by atoms with Crippen molar-refractivity contribution < 1.29 is 19.4 Å². The number of rotatable bonds is 30. The van der Waals surface area contributed by atoms with Gasteiger partial charge in [0, 0.05) is 12.8 Å². The lowest BCUT2D eigenvalue weighted by molar-refractivity contribution is -0.150. The number of hydrogen-bond donors (Lipinski definition) is 1. The van der Waals surface area contributed by atoms with E-state index >= 15 is 0 Å². The van der Waals surface area contributed by atoms with Gasteiger partial charge in [-0.15, -0.1) is 0 Å². The fraction of sp³-hybridized carbons (Fsp3) is 0.778. The molecule has 0 saturated heterocycles. The first-order valence-electron chi connectivity index (χ1n) is 17.0. The van der Waals surface area contributed by atoms with Gasteiger partial charge in [-0.1, -0.05) is 127 Å². The van der Waals surface area contributed by atoms with Gasteiger partial charge in [-0.3, -0.25) is 9.59 Å². The Morgan fingerprint density at radius 1 is 0.575 bits per heavy atom. The highest BCUT2D eigenvalue weighted by molar-refractivity contribution is 5.69. The smallest absolute Gasteiger partial charge is 0.306 e. The van der Waals surface area contributed by atoms with Gasteiger partial charge < -0.3 is 9.84 Å². The van der Waals surface area contributed by atoms with Gasteiger partial charge in [0.1, 0.15) is 6.10 Å². The molecule has 0 amide bonds. The van der Waals surface area contributed by atoms with Crippen molar-refractivity contribution in [2.75, 3.05) is 0 Å². The summed E-state index contributed by atoms with van der Waals surface area (Å²) < 4.78 is 5.90. The molecular weight excluding hydrogens is 496 g/mol. The largest absolute Gasteiger partial charge is 0.481 e. The first-order valence-corrected chi connectivity index (χ1v) is 17.0. The van der Waals surface area contributed by atoms with Crippen LogP contribution in [-0.4, -0.2) is 23.1 Å². The Morgan fingerprint density at radius 3 is 1.62 bits per heavy atom. The highest BCUT2D eigenvalue weighted by atomic mass is 16.5. The van der Waals surface area contributed by atoms with Crippen molar-refractivity contribution in [1.29, 1.82) is 0 Å². The number of hydrogen-bond acceptors (Lipinski definition) is 3. The second-order valence-electron chi connectivity index (χ2n) is 11.3. The Balaban J connectivity index is 3.77. The Kier molecular flexibility index (Phi) is 30.2. The summed E-state index contributed by atoms with van der Waals surface area (Å²) in [4.78, 5) is 23.0. The molecule has 0 heterocycles. The van der Waals surface area contributed by atoms with Crippen LogP contribution in [0, 0.1) is 0 Å². The zero-order valence-electron chi connectivity index (χ0n) is 26.4. The Labute approximate surface area is 248 Å². The average Bonchev–Trinajstić information content (AvgIpc) is 2.93. The molecule has 4 nitrogen and oxygen atoms in total. The maximum Gasteiger partial charge on any atom is 0.306 e. The Morgan fingerprint density at radius 2 is 1.05 bits per heavy atom. The molecule has 232 valence electrons. The SMILES string of the molecule is CC/C=C\C/C=C\C/C=C\CCCCCCCCCC(=O)OC(CCCCC)CCCCCCCCCC(=O)O. The van der Waals surface area contributed by atoms with Crippen molar-refractivity contribution in [3.05, 3.63) is 36.5 Å². The highest BCUT2D eigenvalue weighted by Gasteiger charge is 2.14. The minimum absolute atomic E-state index is 0.000940. The third-order valence-corrected chi connectivity index (χ3v) is 7.38. The van der Waals surface area contributed by atoms with E-state index in [4.69, 9.17) is 9.84 Å². The first-order chi connectivity index (χ1) is 19.6. The van der Waals surface area contributed by atoms with E-state index in [-0.39, 0.29) is 12.1 Å². The fourth-order valence-electron chi connectivity index (χ4n) is 4.90. The third kappa shape index (κ3) is 30.7. The van der Waals surface area contributed by atoms with Gasteiger partial charge in [-0.05, 0) is 70.6 Å². The monoisotopic (exact) mass is 560 g/mol. The predicted octanol–water partition coefficient (Wildman–Crippen LogP) is 11.4. The minimum Gasteiger partial charge on any atom is -0.481 e. The quantitative estimate of drug-likeness (QED) is 0.0539. The lowest BCUT2D eigenvalue weighted by Crippen LogP contribution is -2.18. The molecule has 1 N–H and O–H groups in total. The van der Waals surface area contributed by atoms with E-state index in [0.29, 0.717) is 12.8 Å². The number of carboxylic acids is 1. The summed E-state index contributed by atoms with van der Waals surface area (Å²) in [5, 5.41) is 8.70. The number of aliphatic carboxylic acids is 1. The molecule has 0 radical (unpaired) electrons. The van der Waals surface area contributed by atoms with Crippen LogP contribution in [0.5, 0.6) is 0 Å². The molecule has 1 atom stereocenters. The van der Waals surface area contributed by atoms with Gasteiger partial charge in [0.25, 0.3) is 0 Å². The summed E-state index contributed by atoms with van der Waals surface area (Å²) in [6.07, 6.45) is 40.4. The van der Waals surface area contributed by atoms with E-state index in [0.717, 1.165) is 77.0 Å². The molecule has 0 saturated carbocycles. The maximum absolute atomic E-state index is 12.5. The van der Waals surface area contributed by atoms with Crippen LogP contribution >= 0.6 is 0 Å². The number of unbranched alkanes of at least 4 members (excludes halogenated alkanes) is 15. The van der Waals surface area contributed by atoms with Crippen LogP contribution in [0.15, 0.2) is 36.5 Å². The van der Waals surface area contributed by atoms with E-state index in [1.54, 1.807) is 0 Å². The average molecular weight is 561 g/mol. The van der Waals surface area contributed by atoms with E-state index in [1.807, 2.05) is 0 Å². The number of esters is 1. The van der Waals surface area contributed by atoms with E-state index in [2.05, 4.69) is 50.3 Å². The summed E-state index contributed by atoms with van der Waals surface area (Å²) in [5.74, 6) is -0.692. The second kappa shape index (κ2) is 31.7. The lowest BCUT2D eigenvalue weighted by Gasteiger charge is -2.18. The molecule has 0 aliphatic carbocycles. The van der Waals surface area contributed by atoms with Crippen LogP contribution < -0.4 is 0 Å². The minimum atomic E-state index is -0.691. The molecule has 0 aromatic carbocycles. The van der Waals surface area contributed by atoms with E-state index in [9.17, 15) is 9.59 Å². The first kappa shape index (κ1) is 38.2. The molecule has 40 heavy (non-hydrogen) atoms. The van der Waals surface area contributed by atoms with Crippen LogP contribution in [0.2, 0.25) is 0 Å². The van der Waals surface area contributed by atoms with Gasteiger partial charge in [-0.25, -0.2) is 0 Å². The number of allylic oxidation sites excluding steroid dienone is 6. The predicted molar refractivity (Wildman–Crippen MR) is 172 cm³/mol. The number of carbonyl (C=O) groups is 2. The molecule has 0 spiro atoms. The molecule has 0 aliphatic rings. The van der Waals surface area contributed by atoms with Crippen LogP contribution in [0.4, 0.5) is 0 Å². The van der Waals surface area contributed by atoms with Crippen molar-refractivity contribution in [1.82, 2.24) is 0 Å². The highest BCUT2D eigenvalue weighted by Crippen LogP contribution is 2.18. The maximum atomic E-state index is 12.5. The zero-order chi connectivity index (χ0) is 29.4. The molecule has 0 aromatic heterocycles. The van der Waals surface area contributed by atoms with Crippen LogP contribution in [0.3, 0.4) is 0 Å². The van der Waals surface area contributed by atoms with E-state index in [1.165, 1.54) is 70.6 Å². The molecule has 0 rings (SSSR count). The molecular formula is C36H64O4. The third-order valence-electron chi connectivity index (χ3n) is 7.38. The van der Waals surface area contributed by atoms with E-state index < -0.39 is 5.97 Å². The summed E-state index contributed by atoms with van der Waals surface area (Å²) in [5.41, 5.74) is 0. The zero-order valence-corrected chi connectivity index (χ0v) is 26.4. The molecule has 1 unspecified atom stereocenters. The summed E-state index contributed by atoms with van der Waals surface area (Å²) in [7, 11) is 0. The van der Waals surface area contributed by atoms with Gasteiger partial charge >= 0.3 is 11.9 Å². The van der Waals surface area contributed by atoms with Crippen LogP contribution in [0.1, 0.15) is 174 Å². The Bertz CT molecular complexity index is 649. The summed E-state index contributed by atoms with van der Waals surface area (Å²) >= 11 is 0. The van der Waals surface area contributed by atoms with Crippen LogP contribution in [0.25, 0.3) is 0 Å². The van der Waals surface area contributed by atoms with Crippen LogP contribution in [-0.2, 0) is 14.3 Å². The number of ether oxygens (including phenoxy) is 1. The van der Waals surface area contributed by atoms with Crippen molar-refractivity contribution in [3.8, 4) is 0 Å². The molecule has 4 heteroatoms. The molecule has 0 aromatic rings. The van der Waals surface area contributed by atoms with Gasteiger partial charge in [0.15, 0.2) is 0 Å². The number of carboxylic acid groups (broad SMARTS) is 1. The Hall–Kier alpha value is -1.84.